The Morgan fingerprint density at radius 2 is 1.83 bits per heavy atom. The molecule has 2 aromatic carbocycles. The highest BCUT2D eigenvalue weighted by molar-refractivity contribution is 7.89. The summed E-state index contributed by atoms with van der Waals surface area (Å²) >= 11 is 1.09. The SMILES string of the molecule is O=C(c1nccs1)C12Cc3cnn(-c4ccc(F)cc4)c3C=C1CCN(S(=O)(=O)c1ccc(F)c(C(F)(F)F)c1)C2. The second-order valence-electron chi connectivity index (χ2n) is 9.77. The summed E-state index contributed by atoms with van der Waals surface area (Å²) in [6.45, 7) is -0.487. The number of halogens is 5. The number of rotatable bonds is 5. The number of aromatic nitrogens is 3. The molecule has 212 valence electrons. The predicted molar refractivity (Wildman–Crippen MR) is 139 cm³/mol. The topological polar surface area (TPSA) is 85.2 Å². The normalized spacial score (nSPS) is 19.4. The fraction of sp³-hybridized carbons (Fsp3) is 0.222. The molecule has 1 atom stereocenters. The smallest absolute Gasteiger partial charge is 0.290 e. The number of piperidine rings is 1. The molecule has 4 aromatic rings. The number of hydrogen-bond acceptors (Lipinski definition) is 6. The van der Waals surface area contributed by atoms with E-state index in [1.165, 1.54) is 18.3 Å². The summed E-state index contributed by atoms with van der Waals surface area (Å²) in [6, 6.07) is 7.21. The van der Waals surface area contributed by atoms with Gasteiger partial charge in [0.2, 0.25) is 15.8 Å². The fourth-order valence-corrected chi connectivity index (χ4v) is 7.58. The van der Waals surface area contributed by atoms with Crippen LogP contribution in [0.3, 0.4) is 0 Å². The highest BCUT2D eigenvalue weighted by Crippen LogP contribution is 2.47. The second kappa shape index (κ2) is 9.67. The van der Waals surface area contributed by atoms with Crippen molar-refractivity contribution in [2.75, 3.05) is 13.1 Å². The highest BCUT2D eigenvalue weighted by atomic mass is 32.2. The number of Topliss-reactive ketones (excluding diaryl/α,β-unsaturated/α-hetero) is 1. The molecule has 0 radical (unpaired) electrons. The van der Waals surface area contributed by atoms with Crippen molar-refractivity contribution in [3.05, 3.63) is 99.3 Å². The van der Waals surface area contributed by atoms with Crippen LogP contribution in [0.1, 0.15) is 33.0 Å². The summed E-state index contributed by atoms with van der Waals surface area (Å²) in [7, 11) is -4.56. The molecule has 14 heteroatoms. The average molecular weight is 607 g/mol. The van der Waals surface area contributed by atoms with Crippen molar-refractivity contribution in [2.45, 2.75) is 23.9 Å². The Hall–Kier alpha value is -3.75. The van der Waals surface area contributed by atoms with E-state index >= 15 is 0 Å². The minimum absolute atomic E-state index is 0.0526. The maximum atomic E-state index is 14.0. The molecule has 6 rings (SSSR count). The van der Waals surface area contributed by atoms with Gasteiger partial charge in [0, 0.05) is 24.7 Å². The van der Waals surface area contributed by atoms with Crippen LogP contribution in [0, 0.1) is 17.0 Å². The minimum Gasteiger partial charge on any atom is -0.290 e. The van der Waals surface area contributed by atoms with E-state index in [0.717, 1.165) is 21.7 Å². The van der Waals surface area contributed by atoms with Gasteiger partial charge in [-0.05, 0) is 66.9 Å². The molecule has 0 saturated carbocycles. The quantitative estimate of drug-likeness (QED) is 0.220. The van der Waals surface area contributed by atoms with Crippen LogP contribution >= 0.6 is 11.3 Å². The zero-order chi connectivity index (χ0) is 29.2. The number of carbonyl (C=O) groups excluding carboxylic acids is 1. The minimum atomic E-state index is -5.10. The Labute approximate surface area is 234 Å². The number of ketones is 1. The van der Waals surface area contributed by atoms with E-state index in [4.69, 9.17) is 0 Å². The molecule has 2 aliphatic rings. The third-order valence-electron chi connectivity index (χ3n) is 7.39. The lowest BCUT2D eigenvalue weighted by Crippen LogP contribution is -2.53. The van der Waals surface area contributed by atoms with Crippen molar-refractivity contribution < 1.29 is 35.2 Å². The van der Waals surface area contributed by atoms with Gasteiger partial charge in [0.15, 0.2) is 5.01 Å². The van der Waals surface area contributed by atoms with E-state index in [1.807, 2.05) is 0 Å². The summed E-state index contributed by atoms with van der Waals surface area (Å²) in [5.74, 6) is -2.43. The first-order valence-corrected chi connectivity index (χ1v) is 14.6. The molecule has 1 unspecified atom stereocenters. The number of sulfonamides is 1. The molecule has 3 heterocycles. The summed E-state index contributed by atoms with van der Waals surface area (Å²) in [5, 5.41) is 6.19. The van der Waals surface area contributed by atoms with Crippen LogP contribution in [0.25, 0.3) is 11.8 Å². The zero-order valence-corrected chi connectivity index (χ0v) is 22.5. The van der Waals surface area contributed by atoms with Gasteiger partial charge in [0.25, 0.3) is 0 Å². The van der Waals surface area contributed by atoms with Gasteiger partial charge < -0.3 is 0 Å². The fourth-order valence-electron chi connectivity index (χ4n) is 5.38. The van der Waals surface area contributed by atoms with Gasteiger partial charge in [-0.15, -0.1) is 11.3 Å². The van der Waals surface area contributed by atoms with Crippen LogP contribution in [-0.2, 0) is 22.6 Å². The van der Waals surface area contributed by atoms with E-state index in [-0.39, 0.29) is 37.0 Å². The van der Waals surface area contributed by atoms with Crippen molar-refractivity contribution in [3.63, 3.8) is 0 Å². The van der Waals surface area contributed by atoms with Gasteiger partial charge in [-0.1, -0.05) is 5.57 Å². The first-order chi connectivity index (χ1) is 19.4. The monoisotopic (exact) mass is 606 g/mol. The molecule has 0 bridgehead atoms. The van der Waals surface area contributed by atoms with Crippen LogP contribution < -0.4 is 0 Å². The first kappa shape index (κ1) is 27.4. The zero-order valence-electron chi connectivity index (χ0n) is 20.9. The highest BCUT2D eigenvalue weighted by Gasteiger charge is 2.52. The summed E-state index contributed by atoms with van der Waals surface area (Å²) in [5.41, 5.74) is -0.613. The summed E-state index contributed by atoms with van der Waals surface area (Å²) < 4.78 is 97.3. The number of fused-ring (bicyclic) bond motifs is 2. The standard InChI is InChI=1S/C27H19F5N4O3S2/c28-18-1-3-19(4-2-18)36-23-11-17-7-9-35(41(38,39)20-5-6-22(29)21(12-20)27(30,31)32)15-26(17,13-16(23)14-34-36)24(37)25-33-8-10-40-25/h1-6,8,10-12,14H,7,9,13,15H2. The maximum Gasteiger partial charge on any atom is 0.419 e. The number of nitrogens with zero attached hydrogens (tertiary/aromatic N) is 4. The molecule has 41 heavy (non-hydrogen) atoms. The van der Waals surface area contributed by atoms with Gasteiger partial charge in [-0.2, -0.15) is 22.6 Å². The molecule has 1 fully saturated rings. The lowest BCUT2D eigenvalue weighted by Gasteiger charge is -2.44. The van der Waals surface area contributed by atoms with Gasteiger partial charge in [0.05, 0.1) is 33.5 Å². The van der Waals surface area contributed by atoms with Gasteiger partial charge >= 0.3 is 6.18 Å². The molecule has 1 aliphatic heterocycles. The van der Waals surface area contributed by atoms with Crippen LogP contribution in [0.2, 0.25) is 0 Å². The third-order valence-corrected chi connectivity index (χ3v) is 10.0. The van der Waals surface area contributed by atoms with Crippen molar-refractivity contribution in [2.24, 2.45) is 5.41 Å². The number of hydrogen-bond donors (Lipinski definition) is 0. The maximum absolute atomic E-state index is 14.0. The lowest BCUT2D eigenvalue weighted by molar-refractivity contribution is -0.140. The van der Waals surface area contributed by atoms with Crippen LogP contribution in [0.5, 0.6) is 0 Å². The van der Waals surface area contributed by atoms with Crippen molar-refractivity contribution >= 4 is 33.2 Å². The molecule has 0 spiro atoms. The second-order valence-corrected chi connectivity index (χ2v) is 12.6. The van der Waals surface area contributed by atoms with Crippen LogP contribution in [0.4, 0.5) is 22.0 Å². The Bertz CT molecular complexity index is 1800. The van der Waals surface area contributed by atoms with E-state index < -0.39 is 49.5 Å². The predicted octanol–water partition coefficient (Wildman–Crippen LogP) is 5.53. The first-order valence-electron chi connectivity index (χ1n) is 12.3. The Morgan fingerprint density at radius 1 is 1.07 bits per heavy atom. The Morgan fingerprint density at radius 3 is 2.51 bits per heavy atom. The van der Waals surface area contributed by atoms with Crippen molar-refractivity contribution in [3.8, 4) is 5.69 Å². The van der Waals surface area contributed by atoms with Crippen molar-refractivity contribution in [1.82, 2.24) is 19.1 Å². The van der Waals surface area contributed by atoms with E-state index in [1.54, 1.807) is 34.5 Å². The van der Waals surface area contributed by atoms with E-state index in [9.17, 15) is 35.2 Å². The Kier molecular flexibility index (Phi) is 6.47. The van der Waals surface area contributed by atoms with Gasteiger partial charge in [-0.3, -0.25) is 4.79 Å². The van der Waals surface area contributed by atoms with Crippen LogP contribution in [0.15, 0.2) is 70.7 Å². The summed E-state index contributed by atoms with van der Waals surface area (Å²) in [4.78, 5) is 17.4. The molecule has 1 saturated heterocycles. The molecular weight excluding hydrogens is 587 g/mol. The van der Waals surface area contributed by atoms with Crippen LogP contribution in [-0.4, -0.2) is 46.4 Å². The summed E-state index contributed by atoms with van der Waals surface area (Å²) in [6.07, 6.45) is -0.182. The Balaban J connectivity index is 1.43. The molecule has 1 aliphatic carbocycles. The number of benzene rings is 2. The van der Waals surface area contributed by atoms with E-state index in [0.29, 0.717) is 28.6 Å². The largest absolute Gasteiger partial charge is 0.419 e. The van der Waals surface area contributed by atoms with Gasteiger partial charge in [-0.25, -0.2) is 26.9 Å². The van der Waals surface area contributed by atoms with Gasteiger partial charge in [0.1, 0.15) is 11.6 Å². The molecule has 0 N–H and O–H groups in total. The molecule has 2 aromatic heterocycles. The number of carbonyl (C=O) groups is 1. The average Bonchev–Trinajstić information content (AvgIpc) is 3.61. The van der Waals surface area contributed by atoms with Crippen molar-refractivity contribution in [1.29, 1.82) is 0 Å². The van der Waals surface area contributed by atoms with E-state index in [2.05, 4.69) is 10.1 Å². The lowest BCUT2D eigenvalue weighted by atomic mass is 9.66. The third kappa shape index (κ3) is 4.59. The molecule has 0 amide bonds. The number of thiazole rings is 1. The molecular formula is C27H19F5N4O3S2. The number of alkyl halides is 3. The molecule has 7 nitrogen and oxygen atoms in total.